The Balaban J connectivity index is 1.70. The van der Waals surface area contributed by atoms with Crippen molar-refractivity contribution in [1.29, 1.82) is 0 Å². The highest BCUT2D eigenvalue weighted by Gasteiger charge is 2.47. The highest BCUT2D eigenvalue weighted by molar-refractivity contribution is 6.90. The number of methoxy groups -OCH3 is 1. The van der Waals surface area contributed by atoms with E-state index in [4.69, 9.17) is 8.85 Å². The van der Waals surface area contributed by atoms with E-state index in [-0.39, 0.29) is 0 Å². The summed E-state index contributed by atoms with van der Waals surface area (Å²) in [6.45, 7) is 6.87. The van der Waals surface area contributed by atoms with E-state index in [1.807, 2.05) is 12.1 Å². The van der Waals surface area contributed by atoms with Crippen molar-refractivity contribution in [2.24, 2.45) is 23.7 Å². The first kappa shape index (κ1) is 13.5. The van der Waals surface area contributed by atoms with E-state index in [0.29, 0.717) is 17.7 Å². The minimum Gasteiger partial charge on any atom is -0.481 e. The Morgan fingerprint density at radius 3 is 2.42 bits per heavy atom. The van der Waals surface area contributed by atoms with Gasteiger partial charge in [-0.05, 0) is 72.6 Å². The van der Waals surface area contributed by atoms with E-state index >= 15 is 0 Å². The highest BCUT2D eigenvalue weighted by atomic mass is 28.3. The molecule has 0 saturated heterocycles. The maximum Gasteiger partial charge on any atom is 0.215 e. The molecule has 4 aliphatic carbocycles. The molecule has 1 aromatic heterocycles. The van der Waals surface area contributed by atoms with Crippen LogP contribution >= 0.6 is 0 Å². The van der Waals surface area contributed by atoms with Crippen molar-refractivity contribution in [2.45, 2.75) is 51.7 Å². The van der Waals surface area contributed by atoms with Gasteiger partial charge in [0, 0.05) is 0 Å². The minimum atomic E-state index is -2.51. The predicted octanol–water partition coefficient (Wildman–Crippen LogP) is 4.25. The van der Waals surface area contributed by atoms with Crippen molar-refractivity contribution in [3.8, 4) is 0 Å². The van der Waals surface area contributed by atoms with Crippen LogP contribution in [0, 0.1) is 23.7 Å². The lowest BCUT2D eigenvalue weighted by atomic mass is 9.54. The van der Waals surface area contributed by atoms with Gasteiger partial charge in [-0.25, -0.2) is 0 Å². The summed E-state index contributed by atoms with van der Waals surface area (Å²) in [5.74, 6) is 2.85. The third-order valence-corrected chi connectivity index (χ3v) is 8.86. The van der Waals surface area contributed by atoms with E-state index in [0.717, 1.165) is 48.6 Å². The SMILES string of the molecule is [2H]C([2H])([2H])OC(=C1C2CC3CC(C2)CC1C3)n1nnc2c([Si](C)(C)C)cccc21. The van der Waals surface area contributed by atoms with Gasteiger partial charge in [-0.3, -0.25) is 0 Å². The molecule has 4 bridgehead atoms. The zero-order chi connectivity index (χ0) is 20.6. The quantitative estimate of drug-likeness (QED) is 0.599. The molecule has 0 unspecified atom stereocenters. The van der Waals surface area contributed by atoms with Crippen LogP contribution in [0.4, 0.5) is 0 Å². The standard InChI is InChI=1S/C21H29N3OSi/c1-25-21(19-15-9-13-8-14(11-15)12-16(19)10-13)24-17-6-5-7-18(26(2,3)4)20(17)22-23-24/h5-7,13-16H,8-12H2,1-4H3/i1D3. The van der Waals surface area contributed by atoms with Crippen molar-refractivity contribution >= 4 is 30.2 Å². The number of aromatic nitrogens is 3. The van der Waals surface area contributed by atoms with Gasteiger partial charge in [0.25, 0.3) is 0 Å². The van der Waals surface area contributed by atoms with Crippen LogP contribution in [0.3, 0.4) is 0 Å². The van der Waals surface area contributed by atoms with Crippen LogP contribution in [0.25, 0.3) is 16.9 Å². The molecule has 26 heavy (non-hydrogen) atoms. The van der Waals surface area contributed by atoms with E-state index in [1.54, 1.807) is 4.68 Å². The van der Waals surface area contributed by atoms with Crippen LogP contribution in [0.15, 0.2) is 23.8 Å². The van der Waals surface area contributed by atoms with Crippen LogP contribution in [-0.4, -0.2) is 30.1 Å². The number of hydrogen-bond donors (Lipinski definition) is 0. The number of allylic oxidation sites excluding steroid dienone is 1. The Kier molecular flexibility index (Phi) is 2.96. The third kappa shape index (κ3) is 2.39. The van der Waals surface area contributed by atoms with Crippen molar-refractivity contribution in [2.75, 3.05) is 7.04 Å². The van der Waals surface area contributed by atoms with Crippen molar-refractivity contribution < 1.29 is 8.85 Å². The minimum absolute atomic E-state index is 0.419. The number of benzene rings is 1. The Hall–Kier alpha value is -1.62. The smallest absolute Gasteiger partial charge is 0.215 e. The molecule has 0 atom stereocenters. The molecule has 0 spiro atoms. The molecule has 0 radical (unpaired) electrons. The van der Waals surface area contributed by atoms with E-state index in [1.165, 1.54) is 17.2 Å². The molecule has 0 N–H and O–H groups in total. The maximum absolute atomic E-state index is 7.81. The van der Waals surface area contributed by atoms with E-state index in [2.05, 4.69) is 36.0 Å². The molecular weight excluding hydrogens is 338 g/mol. The molecule has 4 nitrogen and oxygen atoms in total. The summed E-state index contributed by atoms with van der Waals surface area (Å²) in [6, 6.07) is 6.15. The van der Waals surface area contributed by atoms with E-state index in [9.17, 15) is 0 Å². The van der Waals surface area contributed by atoms with Gasteiger partial charge in [0.15, 0.2) is 0 Å². The van der Waals surface area contributed by atoms with Gasteiger partial charge in [-0.2, -0.15) is 4.68 Å². The zero-order valence-electron chi connectivity index (χ0n) is 18.8. The van der Waals surface area contributed by atoms with Crippen LogP contribution in [0.1, 0.15) is 36.2 Å². The summed E-state index contributed by atoms with van der Waals surface area (Å²) in [6.07, 6.45) is 5.97. The monoisotopic (exact) mass is 370 g/mol. The van der Waals surface area contributed by atoms with Gasteiger partial charge >= 0.3 is 0 Å². The Bertz CT molecular complexity index is 959. The maximum atomic E-state index is 7.81. The lowest BCUT2D eigenvalue weighted by Gasteiger charge is -2.51. The summed E-state index contributed by atoms with van der Waals surface area (Å²) in [5, 5.41) is 10.2. The van der Waals surface area contributed by atoms with Gasteiger partial charge in [0.1, 0.15) is 5.52 Å². The van der Waals surface area contributed by atoms with Crippen LogP contribution in [-0.2, 0) is 4.74 Å². The number of hydrogen-bond acceptors (Lipinski definition) is 3. The Morgan fingerprint density at radius 2 is 1.81 bits per heavy atom. The largest absolute Gasteiger partial charge is 0.481 e. The van der Waals surface area contributed by atoms with Crippen LogP contribution < -0.4 is 5.19 Å². The molecule has 1 heterocycles. The normalized spacial score (nSPS) is 32.4. The van der Waals surface area contributed by atoms with Crippen molar-refractivity contribution in [3.63, 3.8) is 0 Å². The predicted molar refractivity (Wildman–Crippen MR) is 108 cm³/mol. The first-order valence-corrected chi connectivity index (χ1v) is 13.4. The summed E-state index contributed by atoms with van der Waals surface area (Å²) >= 11 is 0. The topological polar surface area (TPSA) is 39.9 Å². The molecule has 1 aromatic carbocycles. The molecule has 0 aliphatic heterocycles. The number of nitrogens with zero attached hydrogens (tertiary/aromatic N) is 3. The fourth-order valence-electron chi connectivity index (χ4n) is 5.97. The lowest BCUT2D eigenvalue weighted by Crippen LogP contribution is -2.41. The molecule has 4 aliphatic rings. The number of ether oxygens (including phenoxy) is 1. The Labute approximate surface area is 160 Å². The second kappa shape index (κ2) is 5.68. The molecule has 6 rings (SSSR count). The molecular formula is C21H29N3OSi. The van der Waals surface area contributed by atoms with E-state index < -0.39 is 15.1 Å². The second-order valence-corrected chi connectivity index (χ2v) is 14.6. The van der Waals surface area contributed by atoms with Crippen LogP contribution in [0.2, 0.25) is 19.6 Å². The lowest BCUT2D eigenvalue weighted by molar-refractivity contribution is 0.0662. The fraction of sp³-hybridized carbons (Fsp3) is 0.619. The van der Waals surface area contributed by atoms with Crippen molar-refractivity contribution in [3.05, 3.63) is 23.8 Å². The molecule has 4 fully saturated rings. The average molecular weight is 371 g/mol. The molecule has 4 saturated carbocycles. The fourth-order valence-corrected chi connectivity index (χ4v) is 7.45. The number of rotatable bonds is 3. The molecule has 2 aromatic rings. The first-order valence-electron chi connectivity index (χ1n) is 11.4. The Morgan fingerprint density at radius 1 is 1.12 bits per heavy atom. The zero-order valence-corrected chi connectivity index (χ0v) is 16.8. The summed E-state index contributed by atoms with van der Waals surface area (Å²) in [4.78, 5) is 0. The molecule has 138 valence electrons. The van der Waals surface area contributed by atoms with Crippen LogP contribution in [0.5, 0.6) is 0 Å². The van der Waals surface area contributed by atoms with Gasteiger partial charge in [0.2, 0.25) is 5.88 Å². The van der Waals surface area contributed by atoms with Gasteiger partial charge < -0.3 is 4.74 Å². The number of fused-ring (bicyclic) bond motifs is 1. The molecule has 5 heteroatoms. The van der Waals surface area contributed by atoms with Gasteiger partial charge in [-0.1, -0.05) is 37.0 Å². The molecule has 0 amide bonds. The van der Waals surface area contributed by atoms with Crippen molar-refractivity contribution in [1.82, 2.24) is 15.0 Å². The second-order valence-electron chi connectivity index (χ2n) is 9.59. The summed E-state index contributed by atoms with van der Waals surface area (Å²) in [5.41, 5.74) is 2.91. The first-order chi connectivity index (χ1) is 13.6. The summed E-state index contributed by atoms with van der Waals surface area (Å²) in [7, 11) is -4.12. The average Bonchev–Trinajstić information content (AvgIpc) is 3.01. The third-order valence-electron chi connectivity index (χ3n) is 6.84. The van der Waals surface area contributed by atoms with Gasteiger partial charge in [0.05, 0.1) is 24.7 Å². The summed E-state index contributed by atoms with van der Waals surface area (Å²) < 4.78 is 30.8. The van der Waals surface area contributed by atoms with Gasteiger partial charge in [-0.15, -0.1) is 5.10 Å². The highest BCUT2D eigenvalue weighted by Crippen LogP contribution is 2.57.